The van der Waals surface area contributed by atoms with Crippen molar-refractivity contribution < 1.29 is 23.0 Å². The lowest BCUT2D eigenvalue weighted by atomic mass is 10.2. The maximum Gasteiger partial charge on any atom is 0.244 e. The van der Waals surface area contributed by atoms with Crippen LogP contribution in [0.5, 0.6) is 0 Å². The van der Waals surface area contributed by atoms with Gasteiger partial charge in [0.05, 0.1) is 11.0 Å². The molecule has 2 N–H and O–H groups in total. The van der Waals surface area contributed by atoms with Gasteiger partial charge in [0.25, 0.3) is 0 Å². The zero-order valence-corrected chi connectivity index (χ0v) is 12.0. The van der Waals surface area contributed by atoms with Crippen molar-refractivity contribution in [3.63, 3.8) is 0 Å². The number of aliphatic hydroxyl groups is 2. The van der Waals surface area contributed by atoms with Gasteiger partial charge in [-0.2, -0.15) is 4.31 Å². The molecule has 1 unspecified atom stereocenters. The van der Waals surface area contributed by atoms with Crippen molar-refractivity contribution in [3.05, 3.63) is 29.6 Å². The predicted octanol–water partition coefficient (Wildman–Crippen LogP) is 0.171. The predicted molar refractivity (Wildman–Crippen MR) is 71.9 cm³/mol. The molecular formula is C13H16FNO4S. The summed E-state index contributed by atoms with van der Waals surface area (Å²) in [6.07, 6.45) is -0.831. The Morgan fingerprint density at radius 3 is 2.65 bits per heavy atom. The van der Waals surface area contributed by atoms with Crippen molar-refractivity contribution >= 4 is 10.0 Å². The normalized spacial score (nSPS) is 12.9. The van der Waals surface area contributed by atoms with Crippen molar-refractivity contribution in [1.82, 2.24) is 4.31 Å². The fourth-order valence-corrected chi connectivity index (χ4v) is 2.97. The fraction of sp³-hybridized carbons (Fsp3) is 0.385. The number of hydrogen-bond donors (Lipinski definition) is 2. The number of nitrogens with zero attached hydrogens (tertiary/aromatic N) is 1. The van der Waals surface area contributed by atoms with E-state index in [-0.39, 0.29) is 17.0 Å². The lowest BCUT2D eigenvalue weighted by Crippen LogP contribution is -2.33. The van der Waals surface area contributed by atoms with Gasteiger partial charge in [-0.1, -0.05) is 11.8 Å². The van der Waals surface area contributed by atoms with Gasteiger partial charge in [-0.15, -0.1) is 0 Å². The van der Waals surface area contributed by atoms with Crippen LogP contribution in [0.3, 0.4) is 0 Å². The minimum atomic E-state index is -3.89. The van der Waals surface area contributed by atoms with E-state index in [4.69, 9.17) is 5.11 Å². The van der Waals surface area contributed by atoms with E-state index in [1.165, 1.54) is 14.0 Å². The molecule has 110 valence electrons. The maximum absolute atomic E-state index is 13.2. The number of halogens is 1. The van der Waals surface area contributed by atoms with Crippen LogP contribution < -0.4 is 0 Å². The van der Waals surface area contributed by atoms with Crippen LogP contribution in [-0.4, -0.2) is 49.2 Å². The fourth-order valence-electron chi connectivity index (χ4n) is 1.60. The average molecular weight is 301 g/mol. The highest BCUT2D eigenvalue weighted by molar-refractivity contribution is 7.89. The second kappa shape index (κ2) is 6.81. The summed E-state index contributed by atoms with van der Waals surface area (Å²) in [7, 11) is -2.58. The third-order valence-corrected chi connectivity index (χ3v) is 4.33. The number of hydrogen-bond acceptors (Lipinski definition) is 4. The molecule has 0 aliphatic rings. The lowest BCUT2D eigenvalue weighted by Gasteiger charge is -2.19. The van der Waals surface area contributed by atoms with Gasteiger partial charge in [0.1, 0.15) is 12.4 Å². The summed E-state index contributed by atoms with van der Waals surface area (Å²) in [5, 5.41) is 17.9. The molecular weight excluding hydrogens is 285 g/mol. The maximum atomic E-state index is 13.2. The van der Waals surface area contributed by atoms with E-state index in [1.54, 1.807) is 0 Å². The van der Waals surface area contributed by atoms with E-state index in [0.717, 1.165) is 22.5 Å². The number of benzene rings is 1. The molecule has 7 heteroatoms. The second-order valence-electron chi connectivity index (χ2n) is 4.23. The molecule has 0 saturated carbocycles. The molecule has 0 amide bonds. The summed E-state index contributed by atoms with van der Waals surface area (Å²) in [5.74, 6) is 4.08. The van der Waals surface area contributed by atoms with E-state index < -0.39 is 28.6 Å². The highest BCUT2D eigenvalue weighted by atomic mass is 32.2. The van der Waals surface area contributed by atoms with Gasteiger partial charge < -0.3 is 10.2 Å². The van der Waals surface area contributed by atoms with Gasteiger partial charge in [-0.05, 0) is 25.1 Å². The smallest absolute Gasteiger partial charge is 0.244 e. The first kappa shape index (κ1) is 16.6. The quantitative estimate of drug-likeness (QED) is 0.777. The van der Waals surface area contributed by atoms with Crippen molar-refractivity contribution in [3.8, 4) is 11.8 Å². The summed E-state index contributed by atoms with van der Waals surface area (Å²) in [5.41, 5.74) is -0.0310. The van der Waals surface area contributed by atoms with E-state index in [1.807, 2.05) is 0 Å². The van der Waals surface area contributed by atoms with Crippen LogP contribution in [0.25, 0.3) is 0 Å². The average Bonchev–Trinajstić information content (AvgIpc) is 2.35. The summed E-state index contributed by atoms with van der Waals surface area (Å²) < 4.78 is 38.8. The summed E-state index contributed by atoms with van der Waals surface area (Å²) in [6, 6.07) is 3.13. The van der Waals surface area contributed by atoms with Crippen LogP contribution in [0.4, 0.5) is 4.39 Å². The molecule has 1 aromatic rings. The minimum Gasteiger partial charge on any atom is -0.392 e. The zero-order valence-electron chi connectivity index (χ0n) is 11.2. The van der Waals surface area contributed by atoms with Crippen LogP contribution in [-0.2, 0) is 10.0 Å². The van der Waals surface area contributed by atoms with Crippen LogP contribution in [0.15, 0.2) is 23.1 Å². The molecule has 1 aromatic carbocycles. The molecule has 20 heavy (non-hydrogen) atoms. The molecule has 0 aromatic heterocycles. The summed E-state index contributed by atoms with van der Waals surface area (Å²) >= 11 is 0. The summed E-state index contributed by atoms with van der Waals surface area (Å²) in [6.45, 7) is 0.912. The van der Waals surface area contributed by atoms with Gasteiger partial charge in [-0.25, -0.2) is 12.8 Å². The monoisotopic (exact) mass is 301 g/mol. The lowest BCUT2D eigenvalue weighted by molar-refractivity contribution is 0.171. The Hall–Kier alpha value is -1.46. The SMILES string of the molecule is CC(O)CN(C)S(=O)(=O)c1ccc(F)cc1C#CCO. The molecule has 0 saturated heterocycles. The van der Waals surface area contributed by atoms with Crippen LogP contribution >= 0.6 is 0 Å². The van der Waals surface area contributed by atoms with Crippen LogP contribution in [0.1, 0.15) is 12.5 Å². The third-order valence-electron chi connectivity index (χ3n) is 2.45. The van der Waals surface area contributed by atoms with E-state index in [9.17, 15) is 17.9 Å². The molecule has 0 heterocycles. The van der Waals surface area contributed by atoms with Crippen molar-refractivity contribution in [1.29, 1.82) is 0 Å². The Kier molecular flexibility index (Phi) is 5.65. The van der Waals surface area contributed by atoms with E-state index in [0.29, 0.717) is 0 Å². The zero-order chi connectivity index (χ0) is 15.3. The minimum absolute atomic E-state index is 0.0310. The number of sulfonamides is 1. The van der Waals surface area contributed by atoms with Gasteiger partial charge in [0.2, 0.25) is 10.0 Å². The van der Waals surface area contributed by atoms with E-state index >= 15 is 0 Å². The van der Waals surface area contributed by atoms with Gasteiger partial charge in [0.15, 0.2) is 0 Å². The molecule has 0 fully saturated rings. The third kappa shape index (κ3) is 4.02. The standard InChI is InChI=1S/C13H16FNO4S/c1-10(17)9-15(2)20(18,19)13-6-5-12(14)8-11(13)4-3-7-16/h5-6,8,10,16-17H,7,9H2,1-2H3. The highest BCUT2D eigenvalue weighted by Gasteiger charge is 2.24. The molecule has 1 atom stereocenters. The number of likely N-dealkylation sites (N-methyl/N-ethyl adjacent to an activating group) is 1. The molecule has 5 nitrogen and oxygen atoms in total. The first-order valence-corrected chi connectivity index (χ1v) is 7.26. The first-order chi connectivity index (χ1) is 9.28. The molecule has 0 bridgehead atoms. The van der Waals surface area contributed by atoms with Crippen LogP contribution in [0, 0.1) is 17.7 Å². The Bertz CT molecular complexity index is 632. The van der Waals surface area contributed by atoms with Crippen molar-refractivity contribution in [2.75, 3.05) is 20.2 Å². The molecule has 1 rings (SSSR count). The Balaban J connectivity index is 3.31. The Morgan fingerprint density at radius 2 is 2.10 bits per heavy atom. The van der Waals surface area contributed by atoms with Gasteiger partial charge in [-0.3, -0.25) is 0 Å². The number of rotatable bonds is 4. The van der Waals surface area contributed by atoms with Crippen molar-refractivity contribution in [2.45, 2.75) is 17.9 Å². The molecule has 0 radical (unpaired) electrons. The largest absolute Gasteiger partial charge is 0.392 e. The van der Waals surface area contributed by atoms with Crippen molar-refractivity contribution in [2.24, 2.45) is 0 Å². The van der Waals surface area contributed by atoms with Gasteiger partial charge >= 0.3 is 0 Å². The Labute approximate surface area is 117 Å². The first-order valence-electron chi connectivity index (χ1n) is 5.82. The molecule has 0 aliphatic carbocycles. The second-order valence-corrected chi connectivity index (χ2v) is 6.25. The summed E-state index contributed by atoms with van der Waals surface area (Å²) in [4.78, 5) is -0.164. The topological polar surface area (TPSA) is 77.8 Å². The highest BCUT2D eigenvalue weighted by Crippen LogP contribution is 2.20. The van der Waals surface area contributed by atoms with Crippen LogP contribution in [0.2, 0.25) is 0 Å². The van der Waals surface area contributed by atoms with Gasteiger partial charge in [0, 0.05) is 19.2 Å². The molecule has 0 aliphatic heterocycles. The number of aliphatic hydroxyl groups excluding tert-OH is 2. The molecule has 0 spiro atoms. The van der Waals surface area contributed by atoms with E-state index in [2.05, 4.69) is 11.8 Å². The Morgan fingerprint density at radius 1 is 1.45 bits per heavy atom.